The molecule has 0 spiro atoms. The molecule has 0 aromatic carbocycles. The summed E-state index contributed by atoms with van der Waals surface area (Å²) in [5.41, 5.74) is 0.155. The van der Waals surface area contributed by atoms with Crippen LogP contribution in [0.2, 0.25) is 0 Å². The van der Waals surface area contributed by atoms with E-state index in [9.17, 15) is 45.6 Å². The molecule has 0 aliphatic carbocycles. The zero-order valence-electron chi connectivity index (χ0n) is 21.2. The largest absolute Gasteiger partial charge is 0.471 e. The standard InChI is InChI=1S/C23H36O16/c1-7-13-8(3-12(25)36-7)9(20(32)33-2)5-34-21(13)39-23-19(31)17(29)15(27)11(38-23)6-35-22-18(30)16(28)14(26)10(4-24)37-22/h5,7-8,10-19,21-31H,3-4,6H2,1-2H3. The van der Waals surface area contributed by atoms with Crippen molar-refractivity contribution in [1.82, 2.24) is 0 Å². The smallest absolute Gasteiger partial charge is 0.337 e. The Balaban J connectivity index is 1.45. The molecule has 224 valence electrons. The SMILES string of the molecule is COC(=O)C1=COC(OC2OC(COC3OC(CO)C(O)C(O)C3O)C(O)C(O)C2O)C2C(C)OC(O)CC12. The van der Waals surface area contributed by atoms with Crippen LogP contribution in [0.3, 0.4) is 0 Å². The van der Waals surface area contributed by atoms with Crippen molar-refractivity contribution in [2.45, 2.75) is 93.4 Å². The molecule has 15 unspecified atom stereocenters. The van der Waals surface area contributed by atoms with Crippen molar-refractivity contribution in [3.05, 3.63) is 11.8 Å². The molecular formula is C23H36O16. The molecule has 4 aliphatic rings. The highest BCUT2D eigenvalue weighted by Crippen LogP contribution is 2.42. The molecule has 0 bridgehead atoms. The number of methoxy groups -OCH3 is 1. The number of carbonyl (C=O) groups excluding carboxylic acids is 1. The van der Waals surface area contributed by atoms with Crippen LogP contribution in [0.25, 0.3) is 0 Å². The lowest BCUT2D eigenvalue weighted by Crippen LogP contribution is -2.62. The Morgan fingerprint density at radius 3 is 2.13 bits per heavy atom. The molecule has 4 heterocycles. The molecule has 0 aromatic heterocycles. The van der Waals surface area contributed by atoms with Crippen molar-refractivity contribution in [2.24, 2.45) is 11.8 Å². The minimum atomic E-state index is -1.77. The molecule has 4 aliphatic heterocycles. The van der Waals surface area contributed by atoms with Gasteiger partial charge in [0.25, 0.3) is 0 Å². The summed E-state index contributed by atoms with van der Waals surface area (Å²) in [4.78, 5) is 12.3. The van der Waals surface area contributed by atoms with Crippen LogP contribution in [-0.2, 0) is 38.0 Å². The number of aliphatic hydroxyl groups excluding tert-OH is 8. The minimum absolute atomic E-state index is 0.0319. The van der Waals surface area contributed by atoms with E-state index < -0.39 is 111 Å². The predicted octanol–water partition coefficient (Wildman–Crippen LogP) is -4.60. The van der Waals surface area contributed by atoms with Crippen molar-refractivity contribution in [3.8, 4) is 0 Å². The Kier molecular flexibility index (Phi) is 9.81. The van der Waals surface area contributed by atoms with E-state index in [0.717, 1.165) is 6.26 Å². The second-order valence-corrected chi connectivity index (χ2v) is 9.97. The van der Waals surface area contributed by atoms with Gasteiger partial charge in [-0.25, -0.2) is 4.79 Å². The number of aliphatic hydroxyl groups is 8. The summed E-state index contributed by atoms with van der Waals surface area (Å²) in [5.74, 6) is -1.93. The third kappa shape index (κ3) is 6.08. The van der Waals surface area contributed by atoms with Crippen LogP contribution in [0.5, 0.6) is 0 Å². The average molecular weight is 569 g/mol. The van der Waals surface area contributed by atoms with Gasteiger partial charge in [-0.3, -0.25) is 0 Å². The molecule has 0 radical (unpaired) electrons. The number of esters is 1. The molecule has 39 heavy (non-hydrogen) atoms. The lowest BCUT2D eigenvalue weighted by Gasteiger charge is -2.47. The summed E-state index contributed by atoms with van der Waals surface area (Å²) < 4.78 is 38.1. The van der Waals surface area contributed by atoms with Gasteiger partial charge in [0.05, 0.1) is 44.2 Å². The van der Waals surface area contributed by atoms with Gasteiger partial charge < -0.3 is 74.0 Å². The van der Waals surface area contributed by atoms with E-state index in [1.165, 1.54) is 7.11 Å². The zero-order chi connectivity index (χ0) is 28.6. The van der Waals surface area contributed by atoms with Crippen LogP contribution >= 0.6 is 0 Å². The summed E-state index contributed by atoms with van der Waals surface area (Å²) in [7, 11) is 1.20. The van der Waals surface area contributed by atoms with Gasteiger partial charge in [0.2, 0.25) is 6.29 Å². The fraction of sp³-hybridized carbons (Fsp3) is 0.870. The van der Waals surface area contributed by atoms with Gasteiger partial charge in [-0.1, -0.05) is 0 Å². The number of fused-ring (bicyclic) bond motifs is 1. The van der Waals surface area contributed by atoms with Crippen LogP contribution in [0, 0.1) is 11.8 Å². The molecule has 3 fully saturated rings. The summed E-state index contributed by atoms with van der Waals surface area (Å²) in [6.07, 6.45) is -17.8. The number of rotatable bonds is 7. The van der Waals surface area contributed by atoms with Crippen LogP contribution in [0.15, 0.2) is 11.8 Å². The Morgan fingerprint density at radius 1 is 0.872 bits per heavy atom. The van der Waals surface area contributed by atoms with Gasteiger partial charge in [0.1, 0.15) is 48.8 Å². The first-order chi connectivity index (χ1) is 18.5. The van der Waals surface area contributed by atoms with Gasteiger partial charge in [-0.05, 0) is 6.92 Å². The first kappa shape index (κ1) is 30.4. The fourth-order valence-electron chi connectivity index (χ4n) is 5.29. The minimum Gasteiger partial charge on any atom is -0.471 e. The first-order valence-electron chi connectivity index (χ1n) is 12.5. The number of carbonyl (C=O) groups is 1. The topological polar surface area (TPSA) is 244 Å². The van der Waals surface area contributed by atoms with Crippen LogP contribution in [-0.4, -0.2) is 147 Å². The average Bonchev–Trinajstić information content (AvgIpc) is 2.91. The molecule has 16 heteroatoms. The van der Waals surface area contributed by atoms with Gasteiger partial charge in [-0.15, -0.1) is 0 Å². The maximum Gasteiger partial charge on any atom is 0.337 e. The van der Waals surface area contributed by atoms with E-state index in [2.05, 4.69) is 0 Å². The predicted molar refractivity (Wildman–Crippen MR) is 121 cm³/mol. The van der Waals surface area contributed by atoms with E-state index in [-0.39, 0.29) is 12.0 Å². The van der Waals surface area contributed by atoms with Crippen LogP contribution in [0.4, 0.5) is 0 Å². The van der Waals surface area contributed by atoms with Gasteiger partial charge in [0.15, 0.2) is 18.9 Å². The van der Waals surface area contributed by atoms with E-state index in [1.807, 2.05) is 0 Å². The lowest BCUT2D eigenvalue weighted by atomic mass is 9.77. The summed E-state index contributed by atoms with van der Waals surface area (Å²) in [6, 6.07) is 0. The van der Waals surface area contributed by atoms with Crippen molar-refractivity contribution in [1.29, 1.82) is 0 Å². The van der Waals surface area contributed by atoms with E-state index >= 15 is 0 Å². The van der Waals surface area contributed by atoms with Crippen LogP contribution in [0.1, 0.15) is 13.3 Å². The third-order valence-electron chi connectivity index (χ3n) is 7.51. The molecular weight excluding hydrogens is 532 g/mol. The second-order valence-electron chi connectivity index (χ2n) is 9.97. The third-order valence-corrected chi connectivity index (χ3v) is 7.51. The number of ether oxygens (including phenoxy) is 7. The molecule has 4 rings (SSSR count). The highest BCUT2D eigenvalue weighted by molar-refractivity contribution is 5.88. The van der Waals surface area contributed by atoms with Crippen molar-refractivity contribution in [2.75, 3.05) is 20.3 Å². The quantitative estimate of drug-likeness (QED) is 0.135. The molecule has 16 nitrogen and oxygen atoms in total. The normalized spacial score (nSPS) is 48.5. The van der Waals surface area contributed by atoms with E-state index in [0.29, 0.717) is 0 Å². The first-order valence-corrected chi connectivity index (χ1v) is 12.5. The van der Waals surface area contributed by atoms with E-state index in [1.54, 1.807) is 6.92 Å². The maximum atomic E-state index is 12.3. The summed E-state index contributed by atoms with van der Waals surface area (Å²) in [5, 5.41) is 80.9. The molecule has 15 atom stereocenters. The lowest BCUT2D eigenvalue weighted by molar-refractivity contribution is -0.361. The van der Waals surface area contributed by atoms with Gasteiger partial charge in [-0.2, -0.15) is 0 Å². The van der Waals surface area contributed by atoms with Crippen molar-refractivity contribution < 1.29 is 78.8 Å². The highest BCUT2D eigenvalue weighted by Gasteiger charge is 2.52. The van der Waals surface area contributed by atoms with Crippen LogP contribution < -0.4 is 0 Å². The van der Waals surface area contributed by atoms with Gasteiger partial charge in [0, 0.05) is 12.3 Å². The summed E-state index contributed by atoms with van der Waals surface area (Å²) >= 11 is 0. The Morgan fingerprint density at radius 2 is 1.49 bits per heavy atom. The highest BCUT2D eigenvalue weighted by atomic mass is 16.8. The van der Waals surface area contributed by atoms with Crippen molar-refractivity contribution in [3.63, 3.8) is 0 Å². The zero-order valence-corrected chi connectivity index (χ0v) is 21.2. The second kappa shape index (κ2) is 12.6. The molecule has 0 amide bonds. The fourth-order valence-corrected chi connectivity index (χ4v) is 5.29. The van der Waals surface area contributed by atoms with Crippen molar-refractivity contribution >= 4 is 5.97 Å². The Bertz CT molecular complexity index is 869. The number of hydrogen-bond donors (Lipinski definition) is 8. The Hall–Kier alpha value is -1.51. The number of hydrogen-bond acceptors (Lipinski definition) is 16. The molecule has 8 N–H and O–H groups in total. The van der Waals surface area contributed by atoms with Gasteiger partial charge >= 0.3 is 5.97 Å². The van der Waals surface area contributed by atoms with E-state index in [4.69, 9.17) is 33.2 Å². The Labute approximate surface area is 222 Å². The monoisotopic (exact) mass is 568 g/mol. The molecule has 3 saturated heterocycles. The molecule has 0 aromatic rings. The molecule has 0 saturated carbocycles. The maximum absolute atomic E-state index is 12.3. The summed E-state index contributed by atoms with van der Waals surface area (Å²) in [6.45, 7) is 0.417.